The van der Waals surface area contributed by atoms with Crippen molar-refractivity contribution in [2.45, 2.75) is 19.1 Å². The summed E-state index contributed by atoms with van der Waals surface area (Å²) in [7, 11) is 1.60. The molecule has 4 rings (SSSR count). The molecule has 0 unspecified atom stereocenters. The van der Waals surface area contributed by atoms with Crippen LogP contribution >= 0.6 is 12.4 Å². The number of hydrogen-bond donors (Lipinski definition) is 1. The number of likely N-dealkylation sites (N-methyl/N-ethyl adjacent to an activating group) is 1. The van der Waals surface area contributed by atoms with Gasteiger partial charge in [0, 0.05) is 18.9 Å². The lowest BCUT2D eigenvalue weighted by Crippen LogP contribution is -2.30. The second-order valence-electron chi connectivity index (χ2n) is 8.46. The van der Waals surface area contributed by atoms with Crippen molar-refractivity contribution in [1.82, 2.24) is 9.78 Å². The van der Waals surface area contributed by atoms with Gasteiger partial charge in [-0.05, 0) is 60.7 Å². The van der Waals surface area contributed by atoms with Crippen molar-refractivity contribution >= 4 is 35.6 Å². The summed E-state index contributed by atoms with van der Waals surface area (Å²) in [6.45, 7) is 0.161. The number of ether oxygens (including phenoxy) is 2. The van der Waals surface area contributed by atoms with Crippen LogP contribution in [0.4, 0.5) is 24.5 Å². The van der Waals surface area contributed by atoms with E-state index in [4.69, 9.17) is 9.47 Å². The van der Waals surface area contributed by atoms with Crippen molar-refractivity contribution < 1.29 is 32.2 Å². The van der Waals surface area contributed by atoms with Crippen LogP contribution in [0, 0.1) is 0 Å². The van der Waals surface area contributed by atoms with Crippen molar-refractivity contribution in [1.29, 1.82) is 0 Å². The van der Waals surface area contributed by atoms with Crippen LogP contribution in [0.1, 0.15) is 12.0 Å². The molecular weight excluding hydrogens is 549 g/mol. The topological polar surface area (TPSA) is 85.7 Å². The summed E-state index contributed by atoms with van der Waals surface area (Å²) in [5, 5.41) is 6.85. The van der Waals surface area contributed by atoms with Gasteiger partial charge >= 0.3 is 6.18 Å². The van der Waals surface area contributed by atoms with Crippen molar-refractivity contribution in [3.63, 3.8) is 0 Å². The first-order valence-electron chi connectivity index (χ1n) is 11.9. The molecular formula is C28H26ClF3N4O4. The number of anilines is 2. The second kappa shape index (κ2) is 13.5. The summed E-state index contributed by atoms with van der Waals surface area (Å²) in [6.07, 6.45) is -1.25. The minimum absolute atomic E-state index is 0. The maximum Gasteiger partial charge on any atom is 0.416 e. The third-order valence-electron chi connectivity index (χ3n) is 5.57. The standard InChI is InChI=1S/C28H25F3N4O4.ClH/c1-34(22-9-13-25(14-10-22)39-24-11-7-20(8-12-24)28(29,30)31)27(37)19-35-18-21(17-32-35)33-26(36)15-16-38-23-5-3-2-4-6-23;/h2-14,17-18H,15-16,19H2,1H3,(H,33,36);1H. The van der Waals surface area contributed by atoms with Gasteiger partial charge in [-0.1, -0.05) is 18.2 Å². The highest BCUT2D eigenvalue weighted by molar-refractivity contribution is 5.93. The van der Waals surface area contributed by atoms with E-state index in [0.717, 1.165) is 12.1 Å². The van der Waals surface area contributed by atoms with E-state index in [1.165, 1.54) is 27.9 Å². The Hall–Kier alpha value is -4.51. The summed E-state index contributed by atoms with van der Waals surface area (Å²) in [6, 6.07) is 20.1. The highest BCUT2D eigenvalue weighted by Crippen LogP contribution is 2.31. The lowest BCUT2D eigenvalue weighted by molar-refractivity contribution is -0.137. The molecule has 0 atom stereocenters. The Morgan fingerprint density at radius 1 is 0.925 bits per heavy atom. The van der Waals surface area contributed by atoms with Crippen LogP contribution in [-0.4, -0.2) is 35.2 Å². The lowest BCUT2D eigenvalue weighted by Gasteiger charge is -2.18. The third kappa shape index (κ3) is 8.50. The second-order valence-corrected chi connectivity index (χ2v) is 8.46. The molecule has 0 fully saturated rings. The monoisotopic (exact) mass is 574 g/mol. The molecule has 0 radical (unpaired) electrons. The van der Waals surface area contributed by atoms with E-state index in [2.05, 4.69) is 10.4 Å². The van der Waals surface area contributed by atoms with E-state index < -0.39 is 11.7 Å². The number of amides is 2. The van der Waals surface area contributed by atoms with E-state index in [1.54, 1.807) is 37.5 Å². The normalized spacial score (nSPS) is 10.8. The van der Waals surface area contributed by atoms with E-state index in [-0.39, 0.29) is 49.5 Å². The van der Waals surface area contributed by atoms with Crippen molar-refractivity contribution in [2.24, 2.45) is 0 Å². The number of nitrogens with zero attached hydrogens (tertiary/aromatic N) is 3. The Kier molecular flexibility index (Phi) is 10.2. The van der Waals surface area contributed by atoms with Crippen LogP contribution in [0.3, 0.4) is 0 Å². The molecule has 0 bridgehead atoms. The molecule has 8 nitrogen and oxygen atoms in total. The molecule has 12 heteroatoms. The molecule has 40 heavy (non-hydrogen) atoms. The first-order valence-corrected chi connectivity index (χ1v) is 11.9. The maximum atomic E-state index is 12.7. The molecule has 0 spiro atoms. The fraction of sp³-hybridized carbons (Fsp3) is 0.179. The Labute approximate surface area is 234 Å². The molecule has 1 heterocycles. The zero-order chi connectivity index (χ0) is 27.8. The summed E-state index contributed by atoms with van der Waals surface area (Å²) < 4.78 is 50.7. The largest absolute Gasteiger partial charge is 0.493 e. The van der Waals surface area contributed by atoms with Gasteiger partial charge in [-0.25, -0.2) is 0 Å². The highest BCUT2D eigenvalue weighted by atomic mass is 35.5. The first kappa shape index (κ1) is 30.0. The van der Waals surface area contributed by atoms with Crippen LogP contribution in [0.25, 0.3) is 0 Å². The Balaban J connectivity index is 0.00000441. The molecule has 0 saturated carbocycles. The smallest absolute Gasteiger partial charge is 0.416 e. The van der Waals surface area contributed by atoms with Gasteiger partial charge < -0.3 is 19.7 Å². The fourth-order valence-electron chi connectivity index (χ4n) is 3.49. The average molecular weight is 575 g/mol. The Bertz CT molecular complexity index is 1400. The molecule has 0 aliphatic carbocycles. The minimum Gasteiger partial charge on any atom is -0.493 e. The number of benzene rings is 3. The number of halogens is 4. The number of alkyl halides is 3. The van der Waals surface area contributed by atoms with E-state index in [9.17, 15) is 22.8 Å². The van der Waals surface area contributed by atoms with Gasteiger partial charge in [-0.15, -0.1) is 12.4 Å². The summed E-state index contributed by atoms with van der Waals surface area (Å²) >= 11 is 0. The van der Waals surface area contributed by atoms with E-state index in [1.807, 2.05) is 30.3 Å². The van der Waals surface area contributed by atoms with Gasteiger partial charge in [0.25, 0.3) is 0 Å². The third-order valence-corrected chi connectivity index (χ3v) is 5.57. The number of nitrogens with one attached hydrogen (secondary N) is 1. The van der Waals surface area contributed by atoms with Crippen LogP contribution in [0.2, 0.25) is 0 Å². The lowest BCUT2D eigenvalue weighted by atomic mass is 10.2. The van der Waals surface area contributed by atoms with Gasteiger partial charge in [-0.2, -0.15) is 18.3 Å². The van der Waals surface area contributed by atoms with Gasteiger partial charge in [0.05, 0.1) is 30.5 Å². The van der Waals surface area contributed by atoms with Gasteiger partial charge in [0.1, 0.15) is 23.8 Å². The van der Waals surface area contributed by atoms with Crippen LogP contribution in [0.5, 0.6) is 17.2 Å². The summed E-state index contributed by atoms with van der Waals surface area (Å²) in [5.41, 5.74) is 0.282. The summed E-state index contributed by atoms with van der Waals surface area (Å²) in [5.74, 6) is 0.838. The number of hydrogen-bond acceptors (Lipinski definition) is 5. The molecule has 0 aliphatic heterocycles. The fourth-order valence-corrected chi connectivity index (χ4v) is 3.49. The van der Waals surface area contributed by atoms with Gasteiger partial charge in [0.15, 0.2) is 0 Å². The number of para-hydroxylation sites is 1. The highest BCUT2D eigenvalue weighted by Gasteiger charge is 2.30. The number of rotatable bonds is 10. The molecule has 3 aromatic carbocycles. The quantitative estimate of drug-likeness (QED) is 0.244. The van der Waals surface area contributed by atoms with Gasteiger partial charge in [0.2, 0.25) is 11.8 Å². The average Bonchev–Trinajstić information content (AvgIpc) is 3.35. The molecule has 210 valence electrons. The molecule has 2 amide bonds. The molecule has 1 aromatic heterocycles. The zero-order valence-corrected chi connectivity index (χ0v) is 22.1. The van der Waals surface area contributed by atoms with E-state index in [0.29, 0.717) is 22.9 Å². The molecule has 4 aromatic rings. The number of carbonyl (C=O) groups is 2. The predicted molar refractivity (Wildman–Crippen MR) is 146 cm³/mol. The predicted octanol–water partition coefficient (Wildman–Crippen LogP) is 6.19. The van der Waals surface area contributed by atoms with Crippen LogP contribution in [0.15, 0.2) is 91.3 Å². The van der Waals surface area contributed by atoms with E-state index >= 15 is 0 Å². The molecule has 0 saturated heterocycles. The molecule has 0 aliphatic rings. The minimum atomic E-state index is -4.42. The zero-order valence-electron chi connectivity index (χ0n) is 21.3. The SMILES string of the molecule is CN(C(=O)Cn1cc(NC(=O)CCOc2ccccc2)cn1)c1ccc(Oc2ccc(C(F)(F)F)cc2)cc1.Cl. The Morgan fingerprint density at radius 2 is 1.55 bits per heavy atom. The van der Waals surface area contributed by atoms with Crippen molar-refractivity contribution in [2.75, 3.05) is 23.9 Å². The van der Waals surface area contributed by atoms with Crippen LogP contribution < -0.4 is 19.7 Å². The first-order chi connectivity index (χ1) is 18.7. The number of carbonyl (C=O) groups excluding carboxylic acids is 2. The maximum absolute atomic E-state index is 12.7. The summed E-state index contributed by atoms with van der Waals surface area (Å²) in [4.78, 5) is 26.3. The van der Waals surface area contributed by atoms with Crippen molar-refractivity contribution in [3.05, 3.63) is 96.8 Å². The van der Waals surface area contributed by atoms with Crippen LogP contribution in [-0.2, 0) is 22.3 Å². The number of aromatic nitrogens is 2. The van der Waals surface area contributed by atoms with Crippen molar-refractivity contribution in [3.8, 4) is 17.2 Å². The Morgan fingerprint density at radius 3 is 2.17 bits per heavy atom. The molecule has 1 N–H and O–H groups in total. The van der Waals surface area contributed by atoms with Gasteiger partial charge in [-0.3, -0.25) is 14.3 Å².